The van der Waals surface area contributed by atoms with Crippen LogP contribution in [-0.2, 0) is 4.79 Å². The minimum Gasteiger partial charge on any atom is -0.497 e. The molecule has 0 spiro atoms. The molecule has 0 bridgehead atoms. The van der Waals surface area contributed by atoms with Crippen molar-refractivity contribution in [1.82, 2.24) is 24.5 Å². The zero-order valence-electron chi connectivity index (χ0n) is 18.0. The van der Waals surface area contributed by atoms with Crippen LogP contribution in [0.3, 0.4) is 0 Å². The highest BCUT2D eigenvalue weighted by Gasteiger charge is 2.27. The van der Waals surface area contributed by atoms with Gasteiger partial charge >= 0.3 is 0 Å². The van der Waals surface area contributed by atoms with Gasteiger partial charge in [-0.05, 0) is 23.1 Å². The van der Waals surface area contributed by atoms with Gasteiger partial charge in [0.2, 0.25) is 5.91 Å². The van der Waals surface area contributed by atoms with Crippen molar-refractivity contribution in [3.63, 3.8) is 0 Å². The van der Waals surface area contributed by atoms with Crippen LogP contribution < -0.4 is 9.64 Å². The van der Waals surface area contributed by atoms with Crippen LogP contribution in [0, 0.1) is 5.41 Å². The number of carbonyl (C=O) groups is 1. The van der Waals surface area contributed by atoms with Crippen LogP contribution in [0.25, 0.3) is 16.9 Å². The molecule has 0 radical (unpaired) electrons. The molecule has 30 heavy (non-hydrogen) atoms. The Kier molecular flexibility index (Phi) is 5.32. The van der Waals surface area contributed by atoms with Crippen LogP contribution in [0.1, 0.15) is 27.2 Å². The molecule has 4 rings (SSSR count). The van der Waals surface area contributed by atoms with E-state index in [0.29, 0.717) is 25.3 Å². The number of rotatable bonds is 4. The molecule has 0 N–H and O–H groups in total. The highest BCUT2D eigenvalue weighted by molar-refractivity contribution is 5.79. The Balaban J connectivity index is 1.62. The first-order chi connectivity index (χ1) is 14.4. The minimum absolute atomic E-state index is 0.00620. The molecule has 1 aromatic carbocycles. The summed E-state index contributed by atoms with van der Waals surface area (Å²) in [4.78, 5) is 25.6. The van der Waals surface area contributed by atoms with Crippen molar-refractivity contribution in [2.24, 2.45) is 5.41 Å². The predicted octanol–water partition coefficient (Wildman–Crippen LogP) is 2.88. The van der Waals surface area contributed by atoms with E-state index >= 15 is 0 Å². The number of piperazine rings is 1. The third kappa shape index (κ3) is 4.08. The lowest BCUT2D eigenvalue weighted by molar-refractivity contribution is -0.133. The number of ether oxygens (including phenoxy) is 1. The van der Waals surface area contributed by atoms with Crippen molar-refractivity contribution in [1.29, 1.82) is 0 Å². The smallest absolute Gasteiger partial charge is 0.254 e. The van der Waals surface area contributed by atoms with Gasteiger partial charge in [-0.25, -0.2) is 4.98 Å². The van der Waals surface area contributed by atoms with E-state index in [-0.39, 0.29) is 11.3 Å². The topological polar surface area (TPSA) is 75.9 Å². The zero-order valence-corrected chi connectivity index (χ0v) is 18.0. The van der Waals surface area contributed by atoms with Gasteiger partial charge in [0.05, 0.1) is 7.11 Å². The fraction of sp³-hybridized carbons (Fsp3) is 0.455. The van der Waals surface area contributed by atoms with Crippen LogP contribution in [0.5, 0.6) is 5.75 Å². The van der Waals surface area contributed by atoms with E-state index < -0.39 is 0 Å². The molecule has 0 unspecified atom stereocenters. The molecule has 1 fully saturated rings. The summed E-state index contributed by atoms with van der Waals surface area (Å²) in [6.45, 7) is 9.14. The number of hydrogen-bond acceptors (Lipinski definition) is 6. The lowest BCUT2D eigenvalue weighted by atomic mass is 9.91. The summed E-state index contributed by atoms with van der Waals surface area (Å²) in [6, 6.07) is 7.91. The lowest BCUT2D eigenvalue weighted by Gasteiger charge is -2.37. The van der Waals surface area contributed by atoms with E-state index in [1.165, 1.54) is 6.33 Å². The van der Waals surface area contributed by atoms with E-state index in [2.05, 4.69) is 40.7 Å². The molecule has 1 saturated heterocycles. The van der Waals surface area contributed by atoms with Crippen molar-refractivity contribution < 1.29 is 9.53 Å². The number of aromatic nitrogens is 4. The third-order valence-corrected chi connectivity index (χ3v) is 5.29. The van der Waals surface area contributed by atoms with Gasteiger partial charge in [0, 0.05) is 44.4 Å². The van der Waals surface area contributed by atoms with Crippen molar-refractivity contribution in [2.75, 3.05) is 38.2 Å². The molecule has 3 heterocycles. The standard InChI is InChI=1S/C22H28N6O2/c1-22(2,3)13-19(29)26-9-11-27(12-10-26)20-18(14-23-21-24-15-25-28(20)21)16-5-7-17(30-4)8-6-16/h5-8,14-15H,9-13H2,1-4H3. The number of fused-ring (bicyclic) bond motifs is 1. The number of hydrogen-bond donors (Lipinski definition) is 0. The Bertz CT molecular complexity index is 1030. The number of carbonyl (C=O) groups excluding carboxylic acids is 1. The maximum absolute atomic E-state index is 12.6. The van der Waals surface area contributed by atoms with Gasteiger partial charge in [0.25, 0.3) is 5.78 Å². The molecule has 8 heteroatoms. The SMILES string of the molecule is COc1ccc(-c2cnc3ncnn3c2N2CCN(C(=O)CC(C)(C)C)CC2)cc1. The Hall–Kier alpha value is -3.16. The summed E-state index contributed by atoms with van der Waals surface area (Å²) < 4.78 is 7.07. The van der Waals surface area contributed by atoms with Crippen molar-refractivity contribution in [2.45, 2.75) is 27.2 Å². The quantitative estimate of drug-likeness (QED) is 0.661. The normalized spacial score (nSPS) is 14.9. The van der Waals surface area contributed by atoms with Crippen molar-refractivity contribution in [3.05, 3.63) is 36.8 Å². The largest absolute Gasteiger partial charge is 0.497 e. The molecule has 8 nitrogen and oxygen atoms in total. The molecule has 158 valence electrons. The second-order valence-corrected chi connectivity index (χ2v) is 8.80. The number of benzene rings is 1. The molecule has 0 atom stereocenters. The summed E-state index contributed by atoms with van der Waals surface area (Å²) in [5, 5.41) is 4.41. The third-order valence-electron chi connectivity index (χ3n) is 5.29. The van der Waals surface area contributed by atoms with E-state index in [4.69, 9.17) is 4.74 Å². The number of anilines is 1. The highest BCUT2D eigenvalue weighted by atomic mass is 16.5. The van der Waals surface area contributed by atoms with Gasteiger partial charge in [-0.1, -0.05) is 32.9 Å². The van der Waals surface area contributed by atoms with Gasteiger partial charge in [-0.2, -0.15) is 14.6 Å². The molecular formula is C22H28N6O2. The second-order valence-electron chi connectivity index (χ2n) is 8.80. The first-order valence-electron chi connectivity index (χ1n) is 10.2. The first kappa shape index (κ1) is 20.1. The number of nitrogens with zero attached hydrogens (tertiary/aromatic N) is 6. The molecule has 0 aliphatic carbocycles. The fourth-order valence-corrected chi connectivity index (χ4v) is 3.78. The fourth-order valence-electron chi connectivity index (χ4n) is 3.78. The highest BCUT2D eigenvalue weighted by Crippen LogP contribution is 2.32. The Morgan fingerprint density at radius 1 is 1.07 bits per heavy atom. The van der Waals surface area contributed by atoms with Crippen LogP contribution >= 0.6 is 0 Å². The zero-order chi connectivity index (χ0) is 21.3. The Morgan fingerprint density at radius 3 is 2.40 bits per heavy atom. The summed E-state index contributed by atoms with van der Waals surface area (Å²) in [5.41, 5.74) is 2.00. The molecule has 0 saturated carbocycles. The summed E-state index contributed by atoms with van der Waals surface area (Å²) >= 11 is 0. The van der Waals surface area contributed by atoms with Crippen molar-refractivity contribution in [3.8, 4) is 16.9 Å². The average Bonchev–Trinajstić information content (AvgIpc) is 3.21. The van der Waals surface area contributed by atoms with Gasteiger partial charge in [-0.15, -0.1) is 0 Å². The second kappa shape index (κ2) is 7.93. The summed E-state index contributed by atoms with van der Waals surface area (Å²) in [7, 11) is 1.66. The monoisotopic (exact) mass is 408 g/mol. The summed E-state index contributed by atoms with van der Waals surface area (Å²) in [5.74, 6) is 2.54. The van der Waals surface area contributed by atoms with Gasteiger partial charge < -0.3 is 14.5 Å². The van der Waals surface area contributed by atoms with Crippen LogP contribution in [0.15, 0.2) is 36.8 Å². The molecule has 1 aliphatic heterocycles. The van der Waals surface area contributed by atoms with Gasteiger partial charge in [-0.3, -0.25) is 4.79 Å². The van der Waals surface area contributed by atoms with Crippen LogP contribution in [-0.4, -0.2) is 63.7 Å². The van der Waals surface area contributed by atoms with E-state index in [1.807, 2.05) is 35.4 Å². The minimum atomic E-state index is -0.00620. The Labute approximate surface area is 176 Å². The molecule has 1 aliphatic rings. The maximum atomic E-state index is 12.6. The maximum Gasteiger partial charge on any atom is 0.254 e. The molecule has 3 aromatic rings. The molecule has 2 aromatic heterocycles. The van der Waals surface area contributed by atoms with Crippen LogP contribution in [0.4, 0.5) is 5.82 Å². The first-order valence-corrected chi connectivity index (χ1v) is 10.2. The van der Waals surface area contributed by atoms with Gasteiger partial charge in [0.1, 0.15) is 17.9 Å². The number of methoxy groups -OCH3 is 1. The average molecular weight is 409 g/mol. The number of amides is 1. The van der Waals surface area contributed by atoms with E-state index in [0.717, 1.165) is 35.8 Å². The molecule has 1 amide bonds. The molecular weight excluding hydrogens is 380 g/mol. The lowest BCUT2D eigenvalue weighted by Crippen LogP contribution is -2.50. The predicted molar refractivity (Wildman–Crippen MR) is 116 cm³/mol. The van der Waals surface area contributed by atoms with Gasteiger partial charge in [0.15, 0.2) is 0 Å². The van der Waals surface area contributed by atoms with E-state index in [9.17, 15) is 4.79 Å². The van der Waals surface area contributed by atoms with Crippen molar-refractivity contribution >= 4 is 17.5 Å². The van der Waals surface area contributed by atoms with E-state index in [1.54, 1.807) is 11.6 Å². The summed E-state index contributed by atoms with van der Waals surface area (Å²) in [6.07, 6.45) is 3.93. The van der Waals surface area contributed by atoms with Crippen LogP contribution in [0.2, 0.25) is 0 Å². The Morgan fingerprint density at radius 2 is 1.77 bits per heavy atom.